The van der Waals surface area contributed by atoms with Crippen LogP contribution in [0.3, 0.4) is 0 Å². The average molecular weight is 419 g/mol. The number of benzene rings is 1. The van der Waals surface area contributed by atoms with Gasteiger partial charge in [-0.15, -0.1) is 10.2 Å². The standard InChI is InChI=1S/C23H22N4O2S/c1-15-8-9-16(2)20(12-15)21(28)17(3)30-23-26-25-22(18-6-4-10-24-13-18)27(23)14-19-7-5-11-29-19/h4-13,17H,14H2,1-3H3/t17-/m0/s1. The summed E-state index contributed by atoms with van der Waals surface area (Å²) in [6, 6.07) is 13.5. The number of pyridine rings is 1. The third-order valence-corrected chi connectivity index (χ3v) is 5.92. The molecule has 4 rings (SSSR count). The smallest absolute Gasteiger partial charge is 0.192 e. The van der Waals surface area contributed by atoms with Crippen LogP contribution in [0.5, 0.6) is 0 Å². The zero-order chi connectivity index (χ0) is 21.1. The number of rotatable bonds is 7. The van der Waals surface area contributed by atoms with Gasteiger partial charge in [0.1, 0.15) is 5.76 Å². The summed E-state index contributed by atoms with van der Waals surface area (Å²) < 4.78 is 7.50. The Kier molecular flexibility index (Phi) is 5.81. The molecule has 0 bridgehead atoms. The molecule has 0 aliphatic carbocycles. The number of hydrogen-bond acceptors (Lipinski definition) is 6. The van der Waals surface area contributed by atoms with Crippen molar-refractivity contribution in [3.63, 3.8) is 0 Å². The minimum Gasteiger partial charge on any atom is -0.467 e. The number of nitrogens with zero attached hydrogens (tertiary/aromatic N) is 4. The van der Waals surface area contributed by atoms with Crippen molar-refractivity contribution in [3.8, 4) is 11.4 Å². The fourth-order valence-corrected chi connectivity index (χ4v) is 4.13. The maximum Gasteiger partial charge on any atom is 0.192 e. The van der Waals surface area contributed by atoms with E-state index >= 15 is 0 Å². The fraction of sp³-hybridized carbons (Fsp3) is 0.217. The van der Waals surface area contributed by atoms with Crippen molar-refractivity contribution in [2.24, 2.45) is 0 Å². The lowest BCUT2D eigenvalue weighted by molar-refractivity contribution is 0.0993. The van der Waals surface area contributed by atoms with Crippen molar-refractivity contribution in [1.29, 1.82) is 0 Å². The van der Waals surface area contributed by atoms with Crippen LogP contribution in [0.15, 0.2) is 70.7 Å². The molecule has 4 aromatic rings. The highest BCUT2D eigenvalue weighted by Crippen LogP contribution is 2.29. The molecule has 6 nitrogen and oxygen atoms in total. The maximum atomic E-state index is 13.1. The zero-order valence-corrected chi connectivity index (χ0v) is 17.9. The number of thioether (sulfide) groups is 1. The van der Waals surface area contributed by atoms with E-state index in [2.05, 4.69) is 15.2 Å². The Morgan fingerprint density at radius 3 is 2.77 bits per heavy atom. The van der Waals surface area contributed by atoms with E-state index in [0.29, 0.717) is 17.5 Å². The summed E-state index contributed by atoms with van der Waals surface area (Å²) in [4.78, 5) is 17.3. The molecule has 0 radical (unpaired) electrons. The summed E-state index contributed by atoms with van der Waals surface area (Å²) in [6.45, 7) is 6.33. The van der Waals surface area contributed by atoms with Gasteiger partial charge < -0.3 is 4.42 Å². The predicted molar refractivity (Wildman–Crippen MR) is 117 cm³/mol. The predicted octanol–water partition coefficient (Wildman–Crippen LogP) is 4.96. The van der Waals surface area contributed by atoms with Crippen LogP contribution in [0.2, 0.25) is 0 Å². The lowest BCUT2D eigenvalue weighted by Gasteiger charge is -2.14. The number of aromatic nitrogens is 4. The second-order valence-electron chi connectivity index (χ2n) is 7.16. The summed E-state index contributed by atoms with van der Waals surface area (Å²) in [5.74, 6) is 1.56. The first-order chi connectivity index (χ1) is 14.5. The van der Waals surface area contributed by atoms with E-state index in [1.54, 1.807) is 18.7 Å². The number of aryl methyl sites for hydroxylation is 2. The minimum absolute atomic E-state index is 0.0803. The average Bonchev–Trinajstić information content (AvgIpc) is 3.41. The van der Waals surface area contributed by atoms with Crippen molar-refractivity contribution in [3.05, 3.63) is 83.6 Å². The van der Waals surface area contributed by atoms with Crippen molar-refractivity contribution in [2.75, 3.05) is 0 Å². The van der Waals surface area contributed by atoms with Crippen LogP contribution in [-0.2, 0) is 6.54 Å². The van der Waals surface area contributed by atoms with E-state index < -0.39 is 0 Å². The molecule has 0 fully saturated rings. The monoisotopic (exact) mass is 418 g/mol. The van der Waals surface area contributed by atoms with Gasteiger partial charge in [-0.25, -0.2) is 0 Å². The molecule has 0 amide bonds. The zero-order valence-electron chi connectivity index (χ0n) is 17.1. The number of Topliss-reactive ketones (excluding diaryl/α,β-unsaturated/α-hetero) is 1. The number of carbonyl (C=O) groups is 1. The van der Waals surface area contributed by atoms with Crippen molar-refractivity contribution in [1.82, 2.24) is 19.7 Å². The molecule has 3 aromatic heterocycles. The number of furan rings is 1. The highest BCUT2D eigenvalue weighted by atomic mass is 32.2. The number of carbonyl (C=O) groups excluding carboxylic acids is 1. The quantitative estimate of drug-likeness (QED) is 0.312. The van der Waals surface area contributed by atoms with Crippen molar-refractivity contribution < 1.29 is 9.21 Å². The van der Waals surface area contributed by atoms with Crippen LogP contribution < -0.4 is 0 Å². The highest BCUT2D eigenvalue weighted by molar-refractivity contribution is 8.00. The summed E-state index contributed by atoms with van der Waals surface area (Å²) in [5.41, 5.74) is 3.66. The van der Waals surface area contributed by atoms with Crippen molar-refractivity contribution in [2.45, 2.75) is 37.7 Å². The SMILES string of the molecule is Cc1ccc(C)c(C(=O)[C@H](C)Sc2nnc(-c3cccnc3)n2Cc2ccco2)c1. The Morgan fingerprint density at radius 1 is 1.17 bits per heavy atom. The van der Waals surface area contributed by atoms with Crippen molar-refractivity contribution >= 4 is 17.5 Å². The summed E-state index contributed by atoms with van der Waals surface area (Å²) in [6.07, 6.45) is 5.11. The largest absolute Gasteiger partial charge is 0.467 e. The molecule has 3 heterocycles. The van der Waals surface area contributed by atoms with Gasteiger partial charge in [-0.2, -0.15) is 0 Å². The molecule has 0 unspecified atom stereocenters. The molecule has 0 N–H and O–H groups in total. The second kappa shape index (κ2) is 8.67. The highest BCUT2D eigenvalue weighted by Gasteiger charge is 2.23. The first kappa shape index (κ1) is 20.1. The van der Waals surface area contributed by atoms with Gasteiger partial charge in [0.15, 0.2) is 16.8 Å². The van der Waals surface area contributed by atoms with Gasteiger partial charge in [-0.3, -0.25) is 14.3 Å². The van der Waals surface area contributed by atoms with Gasteiger partial charge in [0.05, 0.1) is 18.1 Å². The van der Waals surface area contributed by atoms with Crippen LogP contribution in [0.4, 0.5) is 0 Å². The second-order valence-corrected chi connectivity index (χ2v) is 8.46. The summed E-state index contributed by atoms with van der Waals surface area (Å²) in [5, 5.41) is 9.12. The number of hydrogen-bond donors (Lipinski definition) is 0. The molecular weight excluding hydrogens is 396 g/mol. The Hall–Kier alpha value is -3.19. The lowest BCUT2D eigenvalue weighted by Crippen LogP contribution is -2.16. The van der Waals surface area contributed by atoms with Crippen LogP contribution >= 0.6 is 11.8 Å². The van der Waals surface area contributed by atoms with Gasteiger partial charge in [-0.1, -0.05) is 29.5 Å². The molecule has 152 valence electrons. The Morgan fingerprint density at radius 2 is 2.03 bits per heavy atom. The van der Waals surface area contributed by atoms with E-state index in [4.69, 9.17) is 4.42 Å². The third kappa shape index (κ3) is 4.21. The molecule has 7 heteroatoms. The van der Waals surface area contributed by atoms with E-state index in [1.807, 2.05) is 67.8 Å². The maximum absolute atomic E-state index is 13.1. The third-order valence-electron chi connectivity index (χ3n) is 4.84. The van der Waals surface area contributed by atoms with Crippen LogP contribution in [0.1, 0.15) is 34.2 Å². The van der Waals surface area contributed by atoms with Gasteiger partial charge in [0, 0.05) is 23.5 Å². The summed E-state index contributed by atoms with van der Waals surface area (Å²) >= 11 is 1.40. The lowest BCUT2D eigenvalue weighted by atomic mass is 10.0. The van der Waals surface area contributed by atoms with Crippen LogP contribution in [0.25, 0.3) is 11.4 Å². The molecule has 0 spiro atoms. The Bertz CT molecular complexity index is 1150. The van der Waals surface area contributed by atoms with Gasteiger partial charge >= 0.3 is 0 Å². The molecule has 1 atom stereocenters. The molecule has 0 aliphatic heterocycles. The van der Waals surface area contributed by atoms with E-state index in [1.165, 1.54) is 11.8 Å². The van der Waals surface area contributed by atoms with Gasteiger partial charge in [-0.05, 0) is 56.7 Å². The molecule has 30 heavy (non-hydrogen) atoms. The fourth-order valence-electron chi connectivity index (χ4n) is 3.22. The van der Waals surface area contributed by atoms with Crippen LogP contribution in [0, 0.1) is 13.8 Å². The molecule has 0 aliphatic rings. The molecule has 1 aromatic carbocycles. The van der Waals surface area contributed by atoms with Crippen LogP contribution in [-0.4, -0.2) is 30.8 Å². The first-order valence-corrected chi connectivity index (χ1v) is 10.5. The van der Waals surface area contributed by atoms with E-state index in [9.17, 15) is 4.79 Å². The molecule has 0 saturated carbocycles. The van der Waals surface area contributed by atoms with Gasteiger partial charge in [0.2, 0.25) is 0 Å². The Labute approximate surface area is 179 Å². The summed E-state index contributed by atoms with van der Waals surface area (Å²) in [7, 11) is 0. The topological polar surface area (TPSA) is 73.8 Å². The normalized spacial score (nSPS) is 12.1. The molecular formula is C23H22N4O2S. The van der Waals surface area contributed by atoms with E-state index in [-0.39, 0.29) is 11.0 Å². The Balaban J connectivity index is 1.65. The first-order valence-electron chi connectivity index (χ1n) is 9.67. The minimum atomic E-state index is -0.313. The van der Waals surface area contributed by atoms with Gasteiger partial charge in [0.25, 0.3) is 0 Å². The molecule has 0 saturated heterocycles. The number of ketones is 1. The van der Waals surface area contributed by atoms with E-state index in [0.717, 1.165) is 28.0 Å².